The minimum atomic E-state index is 0. The van der Waals surface area contributed by atoms with Crippen LogP contribution in [0.25, 0.3) is 0 Å². The Morgan fingerprint density at radius 2 is 2.35 bits per heavy atom. The van der Waals surface area contributed by atoms with Gasteiger partial charge in [0.25, 0.3) is 0 Å². The van der Waals surface area contributed by atoms with Crippen molar-refractivity contribution in [3.8, 4) is 0 Å². The van der Waals surface area contributed by atoms with Crippen LogP contribution in [-0.4, -0.2) is 56.8 Å². The average molecular weight is 356 g/mol. The van der Waals surface area contributed by atoms with E-state index in [-0.39, 0.29) is 30.0 Å². The Hall–Kier alpha value is -0.0800. The van der Waals surface area contributed by atoms with Gasteiger partial charge in [-0.2, -0.15) is 0 Å². The van der Waals surface area contributed by atoms with Crippen LogP contribution in [0.2, 0.25) is 0 Å². The van der Waals surface area contributed by atoms with Gasteiger partial charge in [0.1, 0.15) is 0 Å². The van der Waals surface area contributed by atoms with Gasteiger partial charge in [-0.15, -0.1) is 24.0 Å². The van der Waals surface area contributed by atoms with E-state index in [0.29, 0.717) is 18.6 Å². The van der Waals surface area contributed by atoms with E-state index in [1.165, 1.54) is 19.4 Å². The summed E-state index contributed by atoms with van der Waals surface area (Å²) in [6, 6.07) is 0.758. The zero-order valence-corrected chi connectivity index (χ0v) is 13.3. The molecule has 0 aliphatic carbocycles. The van der Waals surface area contributed by atoms with Crippen LogP contribution in [0.15, 0.2) is 4.99 Å². The number of halogens is 1. The van der Waals surface area contributed by atoms with Crippen molar-refractivity contribution in [1.29, 1.82) is 0 Å². The molecule has 2 atom stereocenters. The number of ether oxygens (including phenoxy) is 1. The Kier molecular flexibility index (Phi) is 8.89. The van der Waals surface area contributed by atoms with E-state index in [0.717, 1.165) is 6.54 Å². The Morgan fingerprint density at radius 1 is 1.65 bits per heavy atom. The highest BCUT2D eigenvalue weighted by molar-refractivity contribution is 14.0. The molecule has 1 rings (SSSR count). The standard InChI is InChI=1S/C11H24N4O.HI/c1-9(8-16-3)14-11(12)13-7-10-5-4-6-15(10)2;/h9-10H,4-8H2,1-3H3,(H3,12,13,14);1H. The van der Waals surface area contributed by atoms with Crippen LogP contribution in [0.5, 0.6) is 0 Å². The average Bonchev–Trinajstić information content (AvgIpc) is 2.61. The molecule has 0 aromatic rings. The van der Waals surface area contributed by atoms with Gasteiger partial charge in [-0.3, -0.25) is 4.99 Å². The number of aliphatic imine (C=N–C) groups is 1. The van der Waals surface area contributed by atoms with Crippen molar-refractivity contribution in [3.63, 3.8) is 0 Å². The van der Waals surface area contributed by atoms with E-state index in [1.807, 2.05) is 6.92 Å². The maximum Gasteiger partial charge on any atom is 0.188 e. The number of likely N-dealkylation sites (N-methyl/N-ethyl adjacent to an activating group) is 1. The molecule has 1 fully saturated rings. The monoisotopic (exact) mass is 356 g/mol. The highest BCUT2D eigenvalue weighted by Gasteiger charge is 2.20. The Morgan fingerprint density at radius 3 is 2.88 bits per heavy atom. The maximum absolute atomic E-state index is 5.79. The van der Waals surface area contributed by atoms with Crippen LogP contribution >= 0.6 is 24.0 Å². The molecule has 0 bridgehead atoms. The summed E-state index contributed by atoms with van der Waals surface area (Å²) >= 11 is 0. The molecule has 0 spiro atoms. The van der Waals surface area contributed by atoms with E-state index >= 15 is 0 Å². The molecule has 0 aromatic heterocycles. The number of hydrogen-bond acceptors (Lipinski definition) is 3. The third-order valence-electron chi connectivity index (χ3n) is 2.95. The van der Waals surface area contributed by atoms with Gasteiger partial charge in [-0.1, -0.05) is 0 Å². The van der Waals surface area contributed by atoms with Gasteiger partial charge < -0.3 is 20.7 Å². The van der Waals surface area contributed by atoms with Gasteiger partial charge in [0.2, 0.25) is 0 Å². The van der Waals surface area contributed by atoms with Crippen LogP contribution in [0.1, 0.15) is 19.8 Å². The van der Waals surface area contributed by atoms with Crippen molar-refractivity contribution in [2.24, 2.45) is 10.7 Å². The zero-order chi connectivity index (χ0) is 12.0. The number of likely N-dealkylation sites (tertiary alicyclic amines) is 1. The summed E-state index contributed by atoms with van der Waals surface area (Å²) in [5.41, 5.74) is 5.79. The fourth-order valence-electron chi connectivity index (χ4n) is 2.00. The largest absolute Gasteiger partial charge is 0.383 e. The summed E-state index contributed by atoms with van der Waals surface area (Å²) in [6.07, 6.45) is 2.49. The third kappa shape index (κ3) is 6.42. The quantitative estimate of drug-likeness (QED) is 0.431. The number of guanidine groups is 1. The number of nitrogens with two attached hydrogens (primary N) is 1. The smallest absolute Gasteiger partial charge is 0.188 e. The fourth-order valence-corrected chi connectivity index (χ4v) is 2.00. The number of methoxy groups -OCH3 is 1. The Bertz CT molecular complexity index is 238. The molecule has 17 heavy (non-hydrogen) atoms. The summed E-state index contributed by atoms with van der Waals surface area (Å²) in [6.45, 7) is 4.62. The van der Waals surface area contributed by atoms with Crippen molar-refractivity contribution in [3.05, 3.63) is 0 Å². The Balaban J connectivity index is 0.00000256. The van der Waals surface area contributed by atoms with Gasteiger partial charge in [0, 0.05) is 19.2 Å². The number of hydrogen-bond donors (Lipinski definition) is 2. The molecule has 0 radical (unpaired) electrons. The van der Waals surface area contributed by atoms with E-state index < -0.39 is 0 Å². The van der Waals surface area contributed by atoms with E-state index in [2.05, 4.69) is 22.3 Å². The lowest BCUT2D eigenvalue weighted by Gasteiger charge is -2.18. The van der Waals surface area contributed by atoms with E-state index in [9.17, 15) is 0 Å². The van der Waals surface area contributed by atoms with E-state index in [4.69, 9.17) is 10.5 Å². The molecule has 0 aromatic carbocycles. The predicted molar refractivity (Wildman–Crippen MR) is 82.0 cm³/mol. The molecular weight excluding hydrogens is 331 g/mol. The molecule has 1 aliphatic heterocycles. The van der Waals surface area contributed by atoms with Crippen molar-refractivity contribution in [1.82, 2.24) is 10.2 Å². The molecule has 102 valence electrons. The van der Waals surface area contributed by atoms with Gasteiger partial charge in [0.15, 0.2) is 5.96 Å². The van der Waals surface area contributed by atoms with Gasteiger partial charge in [0.05, 0.1) is 13.2 Å². The van der Waals surface area contributed by atoms with Gasteiger partial charge in [-0.05, 0) is 33.4 Å². The van der Waals surface area contributed by atoms with Crippen molar-refractivity contribution in [2.45, 2.75) is 31.8 Å². The molecule has 0 saturated carbocycles. The maximum atomic E-state index is 5.79. The minimum absolute atomic E-state index is 0. The van der Waals surface area contributed by atoms with Crippen LogP contribution in [0.4, 0.5) is 0 Å². The first-order chi connectivity index (χ1) is 7.63. The van der Waals surface area contributed by atoms with Crippen molar-refractivity contribution >= 4 is 29.9 Å². The fraction of sp³-hybridized carbons (Fsp3) is 0.909. The van der Waals surface area contributed by atoms with Crippen molar-refractivity contribution in [2.75, 3.05) is 33.9 Å². The van der Waals surface area contributed by atoms with Crippen LogP contribution < -0.4 is 11.1 Å². The molecule has 0 amide bonds. The van der Waals surface area contributed by atoms with Crippen LogP contribution in [-0.2, 0) is 4.74 Å². The molecular formula is C11H25IN4O. The lowest BCUT2D eigenvalue weighted by Crippen LogP contribution is -2.41. The van der Waals surface area contributed by atoms with Gasteiger partial charge >= 0.3 is 0 Å². The molecule has 6 heteroatoms. The summed E-state index contributed by atoms with van der Waals surface area (Å²) < 4.78 is 5.02. The Labute approximate surface area is 121 Å². The van der Waals surface area contributed by atoms with E-state index in [1.54, 1.807) is 7.11 Å². The normalized spacial score (nSPS) is 23.2. The molecule has 1 heterocycles. The zero-order valence-electron chi connectivity index (χ0n) is 11.0. The lowest BCUT2D eigenvalue weighted by molar-refractivity contribution is 0.179. The number of nitrogens with one attached hydrogen (secondary N) is 1. The highest BCUT2D eigenvalue weighted by Crippen LogP contribution is 2.14. The summed E-state index contributed by atoms with van der Waals surface area (Å²) in [5, 5.41) is 3.10. The first-order valence-corrected chi connectivity index (χ1v) is 5.89. The molecule has 5 nitrogen and oxygen atoms in total. The van der Waals surface area contributed by atoms with Gasteiger partial charge in [-0.25, -0.2) is 0 Å². The predicted octanol–water partition coefficient (Wildman–Crippen LogP) is 0.638. The van der Waals surface area contributed by atoms with Crippen LogP contribution in [0.3, 0.4) is 0 Å². The first kappa shape index (κ1) is 16.9. The third-order valence-corrected chi connectivity index (χ3v) is 2.95. The molecule has 1 aliphatic rings. The second-order valence-electron chi connectivity index (χ2n) is 4.50. The first-order valence-electron chi connectivity index (χ1n) is 5.89. The minimum Gasteiger partial charge on any atom is -0.383 e. The summed E-state index contributed by atoms with van der Waals surface area (Å²) in [5.74, 6) is 0.518. The number of rotatable bonds is 5. The summed E-state index contributed by atoms with van der Waals surface area (Å²) in [4.78, 5) is 6.71. The second-order valence-corrected chi connectivity index (χ2v) is 4.50. The second kappa shape index (κ2) is 8.93. The van der Waals surface area contributed by atoms with Crippen molar-refractivity contribution < 1.29 is 4.74 Å². The highest BCUT2D eigenvalue weighted by atomic mass is 127. The molecule has 2 unspecified atom stereocenters. The number of nitrogens with zero attached hydrogens (tertiary/aromatic N) is 2. The topological polar surface area (TPSA) is 62.9 Å². The summed E-state index contributed by atoms with van der Waals surface area (Å²) in [7, 11) is 3.82. The SMILES string of the molecule is COCC(C)NC(N)=NCC1CCCN1C.I. The lowest BCUT2D eigenvalue weighted by atomic mass is 10.2. The van der Waals surface area contributed by atoms with Crippen LogP contribution in [0, 0.1) is 0 Å². The molecule has 3 N–H and O–H groups in total. The molecule has 1 saturated heterocycles.